The molecule has 2 aromatic rings. The second-order valence-corrected chi connectivity index (χ2v) is 5.73. The largest absolute Gasteiger partial charge is 0.488 e. The first-order valence-electron chi connectivity index (χ1n) is 6.54. The van der Waals surface area contributed by atoms with Crippen molar-refractivity contribution >= 4 is 28.9 Å². The van der Waals surface area contributed by atoms with Crippen LogP contribution in [0.15, 0.2) is 36.4 Å². The zero-order valence-corrected chi connectivity index (χ0v) is 12.6. The van der Waals surface area contributed by atoms with E-state index >= 15 is 0 Å². The Morgan fingerprint density at radius 1 is 1.24 bits per heavy atom. The summed E-state index contributed by atoms with van der Waals surface area (Å²) < 4.78 is 5.85. The van der Waals surface area contributed by atoms with Gasteiger partial charge >= 0.3 is 0 Å². The third-order valence-electron chi connectivity index (χ3n) is 3.38. The van der Waals surface area contributed by atoms with E-state index in [0.29, 0.717) is 17.1 Å². The fourth-order valence-electron chi connectivity index (χ4n) is 2.35. The first-order chi connectivity index (χ1) is 10.2. The van der Waals surface area contributed by atoms with Crippen LogP contribution in [0.25, 0.3) is 0 Å². The van der Waals surface area contributed by atoms with Crippen molar-refractivity contribution in [1.29, 1.82) is 5.26 Å². The second kappa shape index (κ2) is 5.85. The number of ether oxygens (including phenoxy) is 1. The van der Waals surface area contributed by atoms with Crippen molar-refractivity contribution in [3.05, 3.63) is 57.6 Å². The van der Waals surface area contributed by atoms with Gasteiger partial charge in [-0.05, 0) is 42.0 Å². The quantitative estimate of drug-likeness (QED) is 0.918. The molecule has 1 aliphatic heterocycles. The van der Waals surface area contributed by atoms with E-state index in [9.17, 15) is 0 Å². The lowest BCUT2D eigenvalue weighted by Gasteiger charge is -2.14. The molecular formula is C16H12Cl2N2O. The van der Waals surface area contributed by atoms with Gasteiger partial charge in [-0.3, -0.25) is 0 Å². The van der Waals surface area contributed by atoms with Crippen molar-refractivity contribution in [2.24, 2.45) is 0 Å². The van der Waals surface area contributed by atoms with Crippen molar-refractivity contribution < 1.29 is 4.74 Å². The van der Waals surface area contributed by atoms with Gasteiger partial charge in [-0.1, -0.05) is 23.2 Å². The van der Waals surface area contributed by atoms with Gasteiger partial charge in [-0.15, -0.1) is 0 Å². The van der Waals surface area contributed by atoms with Crippen LogP contribution in [-0.4, -0.2) is 12.6 Å². The number of nitrogens with zero attached hydrogens (tertiary/aromatic N) is 1. The van der Waals surface area contributed by atoms with Gasteiger partial charge in [0.25, 0.3) is 0 Å². The molecule has 3 nitrogen and oxygen atoms in total. The SMILES string of the molecule is N#Cc1ccc(NCC2Cc3cc(Cl)ccc3O2)c(Cl)c1. The summed E-state index contributed by atoms with van der Waals surface area (Å²) in [6.07, 6.45) is 0.863. The molecule has 0 amide bonds. The molecule has 21 heavy (non-hydrogen) atoms. The maximum absolute atomic E-state index is 8.82. The topological polar surface area (TPSA) is 45.0 Å². The zero-order valence-electron chi connectivity index (χ0n) is 11.1. The van der Waals surface area contributed by atoms with Crippen LogP contribution in [0.2, 0.25) is 10.0 Å². The Kier molecular flexibility index (Phi) is 3.92. The minimum atomic E-state index is 0.0465. The Balaban J connectivity index is 1.64. The monoisotopic (exact) mass is 318 g/mol. The fourth-order valence-corrected chi connectivity index (χ4v) is 2.80. The van der Waals surface area contributed by atoms with Gasteiger partial charge in [0.15, 0.2) is 0 Å². The molecule has 2 aromatic carbocycles. The standard InChI is InChI=1S/C16H12Cl2N2O/c17-12-2-4-16-11(6-12)7-13(21-16)9-20-15-3-1-10(8-19)5-14(15)18/h1-6,13,20H,7,9H2. The Labute approximate surface area is 133 Å². The van der Waals surface area contributed by atoms with Crippen molar-refractivity contribution in [3.8, 4) is 11.8 Å². The summed E-state index contributed by atoms with van der Waals surface area (Å²) in [5, 5.41) is 13.3. The van der Waals surface area contributed by atoms with Gasteiger partial charge in [-0.2, -0.15) is 5.26 Å². The van der Waals surface area contributed by atoms with Gasteiger partial charge in [0.2, 0.25) is 0 Å². The van der Waals surface area contributed by atoms with Crippen LogP contribution in [-0.2, 0) is 6.42 Å². The summed E-state index contributed by atoms with van der Waals surface area (Å²) >= 11 is 12.1. The number of nitriles is 1. The Morgan fingerprint density at radius 3 is 2.86 bits per heavy atom. The Bertz CT molecular complexity index is 725. The normalized spacial score (nSPS) is 16.0. The molecule has 1 N–H and O–H groups in total. The summed E-state index contributed by atoms with van der Waals surface area (Å²) in [6, 6.07) is 12.9. The molecule has 0 fully saturated rings. The maximum atomic E-state index is 8.82. The van der Waals surface area contributed by atoms with E-state index in [1.807, 2.05) is 18.2 Å². The molecule has 1 aliphatic rings. The molecule has 0 aromatic heterocycles. The number of nitrogens with one attached hydrogen (secondary N) is 1. The number of hydrogen-bond acceptors (Lipinski definition) is 3. The van der Waals surface area contributed by atoms with Crippen molar-refractivity contribution in [1.82, 2.24) is 0 Å². The van der Waals surface area contributed by atoms with Gasteiger partial charge in [0.1, 0.15) is 11.9 Å². The summed E-state index contributed by atoms with van der Waals surface area (Å²) in [7, 11) is 0. The van der Waals surface area contributed by atoms with E-state index in [2.05, 4.69) is 11.4 Å². The molecule has 3 rings (SSSR count). The maximum Gasteiger partial charge on any atom is 0.123 e. The third kappa shape index (κ3) is 3.07. The molecule has 1 heterocycles. The predicted molar refractivity (Wildman–Crippen MR) is 84.2 cm³/mol. The highest BCUT2D eigenvalue weighted by Gasteiger charge is 2.22. The number of rotatable bonds is 3. The minimum absolute atomic E-state index is 0.0465. The molecule has 106 valence electrons. The minimum Gasteiger partial charge on any atom is -0.488 e. The number of hydrogen-bond donors (Lipinski definition) is 1. The summed E-state index contributed by atoms with van der Waals surface area (Å²) in [5.74, 6) is 0.886. The Hall–Kier alpha value is -1.89. The van der Waals surface area contributed by atoms with Crippen molar-refractivity contribution in [2.75, 3.05) is 11.9 Å². The van der Waals surface area contributed by atoms with Gasteiger partial charge in [-0.25, -0.2) is 0 Å². The van der Waals surface area contributed by atoms with Crippen LogP contribution in [0, 0.1) is 11.3 Å². The van der Waals surface area contributed by atoms with E-state index in [0.717, 1.165) is 28.4 Å². The third-order valence-corrected chi connectivity index (χ3v) is 3.93. The van der Waals surface area contributed by atoms with Crippen molar-refractivity contribution in [2.45, 2.75) is 12.5 Å². The average Bonchev–Trinajstić information content (AvgIpc) is 2.87. The smallest absolute Gasteiger partial charge is 0.123 e. The molecule has 0 radical (unpaired) electrons. The van der Waals surface area contributed by atoms with E-state index in [1.54, 1.807) is 18.2 Å². The highest BCUT2D eigenvalue weighted by Crippen LogP contribution is 2.31. The predicted octanol–water partition coefficient (Wildman–Crippen LogP) is 4.28. The highest BCUT2D eigenvalue weighted by molar-refractivity contribution is 6.33. The highest BCUT2D eigenvalue weighted by atomic mass is 35.5. The molecule has 0 bridgehead atoms. The van der Waals surface area contributed by atoms with Crippen LogP contribution >= 0.6 is 23.2 Å². The lowest BCUT2D eigenvalue weighted by Crippen LogP contribution is -2.24. The lowest BCUT2D eigenvalue weighted by molar-refractivity contribution is 0.246. The van der Waals surface area contributed by atoms with Gasteiger partial charge in [0.05, 0.1) is 28.9 Å². The van der Waals surface area contributed by atoms with E-state index in [4.69, 9.17) is 33.2 Å². The number of halogens is 2. The summed E-state index contributed by atoms with van der Waals surface area (Å²) in [4.78, 5) is 0. The van der Waals surface area contributed by atoms with E-state index < -0.39 is 0 Å². The molecule has 1 unspecified atom stereocenters. The Morgan fingerprint density at radius 2 is 2.10 bits per heavy atom. The number of anilines is 1. The van der Waals surface area contributed by atoms with Crippen LogP contribution in [0.3, 0.4) is 0 Å². The number of fused-ring (bicyclic) bond motifs is 1. The fraction of sp³-hybridized carbons (Fsp3) is 0.188. The zero-order chi connectivity index (χ0) is 14.8. The first kappa shape index (κ1) is 14.1. The first-order valence-corrected chi connectivity index (χ1v) is 7.30. The van der Waals surface area contributed by atoms with Crippen LogP contribution in [0.4, 0.5) is 5.69 Å². The molecule has 1 atom stereocenters. The molecular weight excluding hydrogens is 307 g/mol. The summed E-state index contributed by atoms with van der Waals surface area (Å²) in [5.41, 5.74) is 2.47. The van der Waals surface area contributed by atoms with Gasteiger partial charge < -0.3 is 10.1 Å². The average molecular weight is 319 g/mol. The molecule has 0 spiro atoms. The molecule has 0 saturated heterocycles. The number of benzene rings is 2. The van der Waals surface area contributed by atoms with Crippen LogP contribution < -0.4 is 10.1 Å². The van der Waals surface area contributed by atoms with E-state index in [1.165, 1.54) is 0 Å². The molecule has 0 aliphatic carbocycles. The summed E-state index contributed by atoms with van der Waals surface area (Å²) in [6.45, 7) is 0.637. The van der Waals surface area contributed by atoms with Gasteiger partial charge in [0, 0.05) is 11.4 Å². The lowest BCUT2D eigenvalue weighted by atomic mass is 10.1. The van der Waals surface area contributed by atoms with Crippen LogP contribution in [0.5, 0.6) is 5.75 Å². The van der Waals surface area contributed by atoms with E-state index in [-0.39, 0.29) is 6.10 Å². The second-order valence-electron chi connectivity index (χ2n) is 4.88. The van der Waals surface area contributed by atoms with Crippen molar-refractivity contribution in [3.63, 3.8) is 0 Å². The van der Waals surface area contributed by atoms with Crippen LogP contribution in [0.1, 0.15) is 11.1 Å². The molecule has 5 heteroatoms. The molecule has 0 saturated carbocycles.